The molecule has 31 heavy (non-hydrogen) atoms. The van der Waals surface area contributed by atoms with E-state index >= 15 is 0 Å². The molecule has 0 atom stereocenters. The van der Waals surface area contributed by atoms with Crippen molar-refractivity contribution in [2.45, 2.75) is 11.4 Å². The smallest absolute Gasteiger partial charge is 0.258 e. The Kier molecular flexibility index (Phi) is 5.56. The fourth-order valence-corrected chi connectivity index (χ4v) is 3.39. The van der Waals surface area contributed by atoms with Crippen LogP contribution < -0.4 is 10.0 Å². The number of anilines is 1. The molecule has 1 amide bonds. The largest absolute Gasteiger partial charge is 0.337 e. The molecule has 0 fully saturated rings. The number of hydrogen-bond donors (Lipinski definition) is 1. The van der Waals surface area contributed by atoms with E-state index in [1.807, 2.05) is 24.3 Å². The predicted octanol–water partition coefficient (Wildman–Crippen LogP) is 2.63. The van der Waals surface area contributed by atoms with E-state index in [2.05, 4.69) is 15.1 Å². The molecule has 0 aliphatic rings. The molecule has 9 nitrogen and oxygen atoms in total. The Hall–Kier alpha value is -3.89. The van der Waals surface area contributed by atoms with Gasteiger partial charge in [0.1, 0.15) is 11.4 Å². The van der Waals surface area contributed by atoms with E-state index < -0.39 is 10.0 Å². The van der Waals surface area contributed by atoms with Gasteiger partial charge in [-0.2, -0.15) is 4.98 Å². The Labute approximate surface area is 178 Å². The predicted molar refractivity (Wildman–Crippen MR) is 112 cm³/mol. The number of hydrogen-bond acceptors (Lipinski definition) is 7. The molecule has 0 bridgehead atoms. The van der Waals surface area contributed by atoms with Crippen molar-refractivity contribution in [3.05, 3.63) is 90.6 Å². The number of pyridine rings is 1. The molecule has 0 saturated heterocycles. The van der Waals surface area contributed by atoms with Crippen LogP contribution in [-0.2, 0) is 16.6 Å². The lowest BCUT2D eigenvalue weighted by Crippen LogP contribution is -2.30. The van der Waals surface area contributed by atoms with Gasteiger partial charge in [-0.15, -0.1) is 0 Å². The van der Waals surface area contributed by atoms with Crippen molar-refractivity contribution in [2.75, 3.05) is 4.90 Å². The molecular formula is C21H17N5O4S. The maximum atomic E-state index is 13.1. The third kappa shape index (κ3) is 4.65. The summed E-state index contributed by atoms with van der Waals surface area (Å²) in [7, 11) is -3.92. The number of nitrogens with two attached hydrogens (primary N) is 1. The molecule has 2 N–H and O–H groups in total. The minimum Gasteiger partial charge on any atom is -0.337 e. The molecule has 0 spiro atoms. The van der Waals surface area contributed by atoms with Crippen molar-refractivity contribution in [1.82, 2.24) is 15.1 Å². The van der Waals surface area contributed by atoms with E-state index in [0.29, 0.717) is 16.8 Å². The fourth-order valence-electron chi connectivity index (χ4n) is 2.89. The van der Waals surface area contributed by atoms with Crippen LogP contribution in [0.2, 0.25) is 0 Å². The van der Waals surface area contributed by atoms with Gasteiger partial charge in [0.25, 0.3) is 5.91 Å². The third-order valence-corrected chi connectivity index (χ3v) is 5.28. The first-order chi connectivity index (χ1) is 14.9. The Bertz CT molecular complexity index is 1310. The molecule has 2 heterocycles. The first-order valence-electron chi connectivity index (χ1n) is 9.14. The van der Waals surface area contributed by atoms with Crippen LogP contribution in [0, 0.1) is 0 Å². The second-order valence-corrected chi connectivity index (χ2v) is 8.12. The zero-order valence-electron chi connectivity index (χ0n) is 16.1. The summed E-state index contributed by atoms with van der Waals surface area (Å²) in [6, 6.07) is 19.3. The maximum Gasteiger partial charge on any atom is 0.258 e. The highest BCUT2D eigenvalue weighted by Crippen LogP contribution is 2.22. The molecule has 0 radical (unpaired) electrons. The van der Waals surface area contributed by atoms with E-state index in [9.17, 15) is 13.2 Å². The Morgan fingerprint density at radius 3 is 2.35 bits per heavy atom. The number of benzene rings is 2. The van der Waals surface area contributed by atoms with Crippen LogP contribution in [0.5, 0.6) is 0 Å². The van der Waals surface area contributed by atoms with Gasteiger partial charge in [0.2, 0.25) is 21.7 Å². The van der Waals surface area contributed by atoms with Crippen LogP contribution in [0.4, 0.5) is 5.69 Å². The number of amides is 1. The lowest BCUT2D eigenvalue weighted by atomic mass is 10.2. The van der Waals surface area contributed by atoms with Crippen LogP contribution in [0.25, 0.3) is 11.4 Å². The Balaban J connectivity index is 1.65. The molecule has 4 rings (SSSR count). The van der Waals surface area contributed by atoms with Gasteiger partial charge in [-0.1, -0.05) is 41.6 Å². The van der Waals surface area contributed by atoms with Crippen LogP contribution in [-0.4, -0.2) is 29.4 Å². The Morgan fingerprint density at radius 2 is 1.68 bits per heavy atom. The summed E-state index contributed by atoms with van der Waals surface area (Å²) >= 11 is 0. The lowest BCUT2D eigenvalue weighted by molar-refractivity contribution is 0.0982. The van der Waals surface area contributed by atoms with E-state index in [4.69, 9.17) is 9.66 Å². The first-order valence-corrected chi connectivity index (χ1v) is 10.7. The quantitative estimate of drug-likeness (QED) is 0.492. The third-order valence-electron chi connectivity index (χ3n) is 4.40. The fraction of sp³-hybridized carbons (Fsp3) is 0.0476. The average Bonchev–Trinajstić information content (AvgIpc) is 3.26. The summed E-state index contributed by atoms with van der Waals surface area (Å²) in [5.74, 6) is 0.0711. The van der Waals surface area contributed by atoms with Gasteiger partial charge in [0, 0.05) is 29.2 Å². The van der Waals surface area contributed by atoms with Gasteiger partial charge in [-0.25, -0.2) is 13.6 Å². The monoisotopic (exact) mass is 435 g/mol. The van der Waals surface area contributed by atoms with Crippen molar-refractivity contribution in [3.63, 3.8) is 0 Å². The second kappa shape index (κ2) is 8.46. The summed E-state index contributed by atoms with van der Waals surface area (Å²) < 4.78 is 28.4. The van der Waals surface area contributed by atoms with Crippen molar-refractivity contribution in [3.8, 4) is 11.4 Å². The maximum absolute atomic E-state index is 13.1. The van der Waals surface area contributed by atoms with E-state index in [-0.39, 0.29) is 29.1 Å². The normalized spacial score (nSPS) is 11.3. The van der Waals surface area contributed by atoms with Crippen molar-refractivity contribution in [2.24, 2.45) is 5.14 Å². The molecule has 2 aromatic heterocycles. The van der Waals surface area contributed by atoms with Crippen molar-refractivity contribution < 1.29 is 17.7 Å². The number of rotatable bonds is 6. The summed E-state index contributed by atoms with van der Waals surface area (Å²) in [5, 5.41) is 9.04. The number of carbonyl (C=O) groups excluding carboxylic acids is 1. The minimum atomic E-state index is -3.92. The molecule has 156 valence electrons. The van der Waals surface area contributed by atoms with Gasteiger partial charge in [-0.3, -0.25) is 14.7 Å². The summed E-state index contributed by atoms with van der Waals surface area (Å²) in [4.78, 5) is 22.6. The number of para-hydroxylation sites is 1. The Morgan fingerprint density at radius 1 is 1.00 bits per heavy atom. The number of sulfonamides is 1. The number of nitrogens with zero attached hydrogens (tertiary/aromatic N) is 4. The highest BCUT2D eigenvalue weighted by molar-refractivity contribution is 7.89. The highest BCUT2D eigenvalue weighted by Gasteiger charge is 2.21. The lowest BCUT2D eigenvalue weighted by Gasteiger charge is -2.21. The minimum absolute atomic E-state index is 0.0209. The van der Waals surface area contributed by atoms with E-state index in [1.54, 1.807) is 36.4 Å². The van der Waals surface area contributed by atoms with Gasteiger partial charge in [0.05, 0.1) is 0 Å². The summed E-state index contributed by atoms with van der Waals surface area (Å²) in [6.07, 6.45) is 2.53. The van der Waals surface area contributed by atoms with Gasteiger partial charge in [0.15, 0.2) is 0 Å². The van der Waals surface area contributed by atoms with Crippen LogP contribution >= 0.6 is 0 Å². The van der Waals surface area contributed by atoms with E-state index in [1.165, 1.54) is 17.2 Å². The zero-order valence-corrected chi connectivity index (χ0v) is 16.9. The molecule has 0 aliphatic heterocycles. The molecule has 0 saturated carbocycles. The summed E-state index contributed by atoms with van der Waals surface area (Å²) in [5.41, 5.74) is 1.49. The molecule has 10 heteroatoms. The number of aromatic nitrogens is 3. The van der Waals surface area contributed by atoms with Gasteiger partial charge in [-0.05, 0) is 30.3 Å². The van der Waals surface area contributed by atoms with Crippen LogP contribution in [0.3, 0.4) is 0 Å². The van der Waals surface area contributed by atoms with Gasteiger partial charge < -0.3 is 4.52 Å². The van der Waals surface area contributed by atoms with Crippen LogP contribution in [0.1, 0.15) is 16.2 Å². The first kappa shape index (κ1) is 20.4. The molecular weight excluding hydrogens is 418 g/mol. The van der Waals surface area contributed by atoms with E-state index in [0.717, 1.165) is 6.20 Å². The zero-order chi connectivity index (χ0) is 21.8. The number of carbonyl (C=O) groups is 1. The standard InChI is InChI=1S/C21H17N5O4S/c22-31(28,29)18-11-16(12-23-13-18)20-24-19(30-25-20)14-26(17-9-5-2-6-10-17)21(27)15-7-3-1-4-8-15/h1-13H,14H2,(H2,22,28,29). The number of primary sulfonamides is 1. The molecule has 0 unspecified atom stereocenters. The molecule has 2 aromatic carbocycles. The highest BCUT2D eigenvalue weighted by atomic mass is 32.2. The average molecular weight is 435 g/mol. The van der Waals surface area contributed by atoms with Crippen molar-refractivity contribution >= 4 is 21.6 Å². The van der Waals surface area contributed by atoms with Gasteiger partial charge >= 0.3 is 0 Å². The summed E-state index contributed by atoms with van der Waals surface area (Å²) in [6.45, 7) is 0.0209. The second-order valence-electron chi connectivity index (χ2n) is 6.56. The molecule has 4 aromatic rings. The topological polar surface area (TPSA) is 132 Å². The van der Waals surface area contributed by atoms with Crippen LogP contribution in [0.15, 0.2) is 88.5 Å². The SMILES string of the molecule is NS(=O)(=O)c1cncc(-c2noc(CN(C(=O)c3ccccc3)c3ccccc3)n2)c1. The van der Waals surface area contributed by atoms with Crippen molar-refractivity contribution in [1.29, 1.82) is 0 Å². The molecule has 0 aliphatic carbocycles.